The second-order valence-corrected chi connectivity index (χ2v) is 4.21. The molecule has 86 valence electrons. The Labute approximate surface area is 99.3 Å². The molecule has 0 bridgehead atoms. The number of benzene rings is 1. The van der Waals surface area contributed by atoms with E-state index in [9.17, 15) is 4.79 Å². The number of ketones is 1. The molecule has 1 aromatic carbocycles. The first-order valence-electron chi connectivity index (χ1n) is 5.57. The fourth-order valence-corrected chi connectivity index (χ4v) is 2.08. The number of hydrogen-bond donors (Lipinski definition) is 0. The summed E-state index contributed by atoms with van der Waals surface area (Å²) in [6.45, 7) is 4.02. The minimum atomic E-state index is 0.0858. The molecule has 0 unspecified atom stereocenters. The number of fused-ring (bicyclic) bond motifs is 1. The van der Waals surface area contributed by atoms with Gasteiger partial charge in [-0.05, 0) is 42.2 Å². The Morgan fingerprint density at radius 3 is 2.76 bits per heavy atom. The standard InChI is InChI=1S/C14H12O3/c1-9-2-4-11(14(9)15)6-10-3-5-12-13(7-10)17-8-16-12/h3,5-7H,1-2,4,8H2. The molecule has 0 saturated heterocycles. The average molecular weight is 228 g/mol. The molecule has 0 N–H and O–H groups in total. The van der Waals surface area contributed by atoms with E-state index in [1.807, 2.05) is 24.3 Å². The molecular formula is C14H12O3. The first-order chi connectivity index (χ1) is 8.24. The van der Waals surface area contributed by atoms with Gasteiger partial charge in [0.1, 0.15) is 0 Å². The van der Waals surface area contributed by atoms with Gasteiger partial charge >= 0.3 is 0 Å². The maximum atomic E-state index is 11.7. The Morgan fingerprint density at radius 2 is 2.00 bits per heavy atom. The van der Waals surface area contributed by atoms with Gasteiger partial charge in [0.25, 0.3) is 0 Å². The van der Waals surface area contributed by atoms with Crippen molar-refractivity contribution in [3.63, 3.8) is 0 Å². The van der Waals surface area contributed by atoms with Crippen LogP contribution in [0.25, 0.3) is 6.08 Å². The van der Waals surface area contributed by atoms with Crippen LogP contribution >= 0.6 is 0 Å². The second-order valence-electron chi connectivity index (χ2n) is 4.21. The number of carbonyl (C=O) groups is 1. The first-order valence-corrected chi connectivity index (χ1v) is 5.57. The summed E-state index contributed by atoms with van der Waals surface area (Å²) in [5, 5.41) is 0. The van der Waals surface area contributed by atoms with Gasteiger partial charge in [0.05, 0.1) is 0 Å². The van der Waals surface area contributed by atoms with Gasteiger partial charge in [-0.2, -0.15) is 0 Å². The van der Waals surface area contributed by atoms with Crippen molar-refractivity contribution in [2.45, 2.75) is 12.8 Å². The lowest BCUT2D eigenvalue weighted by Crippen LogP contribution is -1.93. The summed E-state index contributed by atoms with van der Waals surface area (Å²) in [7, 11) is 0. The van der Waals surface area contributed by atoms with Gasteiger partial charge < -0.3 is 9.47 Å². The molecule has 17 heavy (non-hydrogen) atoms. The zero-order valence-electron chi connectivity index (χ0n) is 9.36. The molecule has 1 saturated carbocycles. The normalized spacial score (nSPS) is 20.4. The summed E-state index contributed by atoms with van der Waals surface area (Å²) in [6, 6.07) is 5.68. The molecule has 3 heteroatoms. The number of hydrogen-bond acceptors (Lipinski definition) is 3. The van der Waals surface area contributed by atoms with E-state index < -0.39 is 0 Å². The van der Waals surface area contributed by atoms with Crippen LogP contribution in [0.15, 0.2) is 35.9 Å². The Hall–Kier alpha value is -2.03. The van der Waals surface area contributed by atoms with Crippen molar-refractivity contribution in [3.05, 3.63) is 41.5 Å². The lowest BCUT2D eigenvalue weighted by atomic mass is 10.1. The molecule has 1 aliphatic heterocycles. The minimum Gasteiger partial charge on any atom is -0.454 e. The zero-order chi connectivity index (χ0) is 11.8. The number of ether oxygens (including phenoxy) is 2. The molecule has 1 aliphatic carbocycles. The van der Waals surface area contributed by atoms with E-state index in [2.05, 4.69) is 6.58 Å². The summed E-state index contributed by atoms with van der Waals surface area (Å²) < 4.78 is 10.5. The van der Waals surface area contributed by atoms with Gasteiger partial charge in [0.2, 0.25) is 6.79 Å². The molecule has 3 rings (SSSR count). The highest BCUT2D eigenvalue weighted by Crippen LogP contribution is 2.34. The third kappa shape index (κ3) is 1.73. The molecule has 0 aromatic heterocycles. The fourth-order valence-electron chi connectivity index (χ4n) is 2.08. The fraction of sp³-hybridized carbons (Fsp3) is 0.214. The molecular weight excluding hydrogens is 216 g/mol. The van der Waals surface area contributed by atoms with Crippen molar-refractivity contribution in [2.24, 2.45) is 0 Å². The molecule has 1 heterocycles. The van der Waals surface area contributed by atoms with Gasteiger partial charge in [-0.1, -0.05) is 12.6 Å². The number of carbonyl (C=O) groups excluding carboxylic acids is 1. The van der Waals surface area contributed by atoms with E-state index in [1.54, 1.807) is 0 Å². The highest BCUT2D eigenvalue weighted by molar-refractivity contribution is 6.12. The van der Waals surface area contributed by atoms with E-state index in [0.717, 1.165) is 35.5 Å². The molecule has 0 spiro atoms. The number of allylic oxidation sites excluding steroid dienone is 2. The van der Waals surface area contributed by atoms with Crippen LogP contribution in [0.2, 0.25) is 0 Å². The van der Waals surface area contributed by atoms with Crippen molar-refractivity contribution < 1.29 is 14.3 Å². The molecule has 2 aliphatic rings. The second kappa shape index (κ2) is 3.77. The molecule has 3 nitrogen and oxygen atoms in total. The van der Waals surface area contributed by atoms with Gasteiger partial charge in [-0.3, -0.25) is 4.79 Å². The third-order valence-corrected chi connectivity index (χ3v) is 3.05. The van der Waals surface area contributed by atoms with Crippen LogP contribution in [0.3, 0.4) is 0 Å². The van der Waals surface area contributed by atoms with Gasteiger partial charge in [-0.25, -0.2) is 0 Å². The van der Waals surface area contributed by atoms with Crippen LogP contribution < -0.4 is 9.47 Å². The highest BCUT2D eigenvalue weighted by atomic mass is 16.7. The monoisotopic (exact) mass is 228 g/mol. The van der Waals surface area contributed by atoms with Gasteiger partial charge in [0, 0.05) is 5.57 Å². The van der Waals surface area contributed by atoms with Crippen LogP contribution in [0.4, 0.5) is 0 Å². The van der Waals surface area contributed by atoms with Crippen LogP contribution in [0.5, 0.6) is 11.5 Å². The van der Waals surface area contributed by atoms with Crippen LogP contribution in [-0.4, -0.2) is 12.6 Å². The minimum absolute atomic E-state index is 0.0858. The predicted molar refractivity (Wildman–Crippen MR) is 63.9 cm³/mol. The Balaban J connectivity index is 1.93. The lowest BCUT2D eigenvalue weighted by Gasteiger charge is -1.99. The van der Waals surface area contributed by atoms with E-state index >= 15 is 0 Å². The van der Waals surface area contributed by atoms with Crippen LogP contribution in [-0.2, 0) is 4.79 Å². The van der Waals surface area contributed by atoms with E-state index in [4.69, 9.17) is 9.47 Å². The first kappa shape index (κ1) is 10.1. The average Bonchev–Trinajstić information content (AvgIpc) is 2.90. The van der Waals surface area contributed by atoms with Gasteiger partial charge in [-0.15, -0.1) is 0 Å². The maximum absolute atomic E-state index is 11.7. The molecule has 0 radical (unpaired) electrons. The molecule has 0 amide bonds. The Bertz CT molecular complexity index is 540. The van der Waals surface area contributed by atoms with Crippen molar-refractivity contribution in [1.82, 2.24) is 0 Å². The summed E-state index contributed by atoms with van der Waals surface area (Å²) in [6.07, 6.45) is 3.46. The predicted octanol–water partition coefficient (Wildman–Crippen LogP) is 2.72. The summed E-state index contributed by atoms with van der Waals surface area (Å²) in [5.74, 6) is 1.58. The number of Topliss-reactive ketones (excluding diaryl/α,β-unsaturated/α-hetero) is 1. The molecule has 1 fully saturated rings. The molecule has 1 aromatic rings. The van der Waals surface area contributed by atoms with Crippen LogP contribution in [0, 0.1) is 0 Å². The Kier molecular flexibility index (Phi) is 2.25. The van der Waals surface area contributed by atoms with E-state index in [0.29, 0.717) is 5.57 Å². The van der Waals surface area contributed by atoms with Crippen molar-refractivity contribution in [1.29, 1.82) is 0 Å². The number of rotatable bonds is 1. The van der Waals surface area contributed by atoms with Crippen molar-refractivity contribution >= 4 is 11.9 Å². The smallest absolute Gasteiger partial charge is 0.231 e. The quantitative estimate of drug-likeness (QED) is 0.693. The van der Waals surface area contributed by atoms with Crippen molar-refractivity contribution in [2.75, 3.05) is 6.79 Å². The maximum Gasteiger partial charge on any atom is 0.231 e. The zero-order valence-corrected chi connectivity index (χ0v) is 9.36. The topological polar surface area (TPSA) is 35.5 Å². The largest absolute Gasteiger partial charge is 0.454 e. The van der Waals surface area contributed by atoms with E-state index in [1.165, 1.54) is 0 Å². The van der Waals surface area contributed by atoms with Crippen molar-refractivity contribution in [3.8, 4) is 11.5 Å². The summed E-state index contributed by atoms with van der Waals surface area (Å²) in [4.78, 5) is 11.7. The van der Waals surface area contributed by atoms with Crippen LogP contribution in [0.1, 0.15) is 18.4 Å². The highest BCUT2D eigenvalue weighted by Gasteiger charge is 2.21. The SMILES string of the molecule is C=C1CCC(=Cc2ccc3c(c2)OCO3)C1=O. The van der Waals surface area contributed by atoms with E-state index in [-0.39, 0.29) is 12.6 Å². The Morgan fingerprint density at radius 1 is 1.18 bits per heavy atom. The third-order valence-electron chi connectivity index (χ3n) is 3.05. The summed E-state index contributed by atoms with van der Waals surface area (Å²) in [5.41, 5.74) is 2.50. The lowest BCUT2D eigenvalue weighted by molar-refractivity contribution is -0.111. The van der Waals surface area contributed by atoms with Gasteiger partial charge in [0.15, 0.2) is 17.3 Å². The molecule has 0 atom stereocenters. The summed E-state index contributed by atoms with van der Waals surface area (Å²) >= 11 is 0.